The van der Waals surface area contributed by atoms with Gasteiger partial charge in [-0.2, -0.15) is 0 Å². The number of pyridine rings is 1. The van der Waals surface area contributed by atoms with Crippen molar-refractivity contribution in [2.45, 2.75) is 6.10 Å². The summed E-state index contributed by atoms with van der Waals surface area (Å²) in [6.07, 6.45) is 1.76. The minimum atomic E-state index is -0.0347. The lowest BCUT2D eigenvalue weighted by molar-refractivity contribution is -0.0856. The molecule has 0 saturated carbocycles. The van der Waals surface area contributed by atoms with Crippen LogP contribution in [0.4, 0.5) is 10.6 Å². The van der Waals surface area contributed by atoms with Gasteiger partial charge in [-0.1, -0.05) is 6.07 Å². The van der Waals surface area contributed by atoms with Gasteiger partial charge in [0.2, 0.25) is 0 Å². The monoisotopic (exact) mass is 306 g/mol. The van der Waals surface area contributed by atoms with E-state index in [-0.39, 0.29) is 12.1 Å². The molecule has 2 aliphatic heterocycles. The van der Waals surface area contributed by atoms with Crippen molar-refractivity contribution in [1.82, 2.24) is 15.2 Å². The molecule has 3 rings (SSSR count). The summed E-state index contributed by atoms with van der Waals surface area (Å²) in [6, 6.07) is 5.85. The van der Waals surface area contributed by atoms with Crippen LogP contribution in [0.1, 0.15) is 0 Å². The third-order valence-electron chi connectivity index (χ3n) is 3.91. The van der Waals surface area contributed by atoms with Crippen LogP contribution in [0.3, 0.4) is 0 Å². The average molecular weight is 306 g/mol. The molecule has 1 aromatic rings. The first kappa shape index (κ1) is 15.1. The summed E-state index contributed by atoms with van der Waals surface area (Å²) < 4.78 is 10.8. The molecule has 120 valence electrons. The second-order valence-corrected chi connectivity index (χ2v) is 5.42. The van der Waals surface area contributed by atoms with Crippen molar-refractivity contribution < 1.29 is 14.3 Å². The Labute approximate surface area is 130 Å². The van der Waals surface area contributed by atoms with Crippen molar-refractivity contribution in [3.05, 3.63) is 24.4 Å². The fraction of sp³-hybridized carbons (Fsp3) is 0.600. The van der Waals surface area contributed by atoms with E-state index in [2.05, 4.69) is 15.2 Å². The number of ether oxygens (including phenoxy) is 2. The summed E-state index contributed by atoms with van der Waals surface area (Å²) in [5, 5.41) is 2.92. The van der Waals surface area contributed by atoms with Crippen LogP contribution < -0.4 is 10.2 Å². The van der Waals surface area contributed by atoms with Crippen molar-refractivity contribution in [3.8, 4) is 0 Å². The number of amides is 2. The number of nitrogens with zero attached hydrogens (tertiary/aromatic N) is 3. The van der Waals surface area contributed by atoms with Crippen LogP contribution in [0.5, 0.6) is 0 Å². The Bertz CT molecular complexity index is 471. The zero-order chi connectivity index (χ0) is 15.2. The number of hydrogen-bond donors (Lipinski definition) is 1. The molecule has 1 aromatic heterocycles. The summed E-state index contributed by atoms with van der Waals surface area (Å²) in [4.78, 5) is 20.5. The van der Waals surface area contributed by atoms with E-state index < -0.39 is 0 Å². The van der Waals surface area contributed by atoms with Crippen LogP contribution in [-0.4, -0.2) is 74.6 Å². The highest BCUT2D eigenvalue weighted by atomic mass is 16.6. The Morgan fingerprint density at radius 2 is 2.14 bits per heavy atom. The largest absolute Gasteiger partial charge is 0.376 e. The fourth-order valence-corrected chi connectivity index (χ4v) is 2.65. The summed E-state index contributed by atoms with van der Waals surface area (Å²) in [7, 11) is 0. The molecule has 1 atom stereocenters. The van der Waals surface area contributed by atoms with Crippen molar-refractivity contribution >= 4 is 11.8 Å². The standard InChI is InChI=1S/C15H22N4O3/c20-15(17-11-13-12-21-9-10-22-13)19-7-5-18(6-8-19)14-3-1-2-4-16-14/h1-4,13H,5-12H2,(H,17,20). The van der Waals surface area contributed by atoms with E-state index >= 15 is 0 Å². The van der Waals surface area contributed by atoms with Crippen molar-refractivity contribution in [3.63, 3.8) is 0 Å². The van der Waals surface area contributed by atoms with Gasteiger partial charge >= 0.3 is 6.03 Å². The second-order valence-electron chi connectivity index (χ2n) is 5.42. The number of carbonyl (C=O) groups is 1. The Kier molecular flexibility index (Phi) is 5.07. The number of nitrogens with one attached hydrogen (secondary N) is 1. The highest BCUT2D eigenvalue weighted by molar-refractivity contribution is 5.74. The third-order valence-corrected chi connectivity index (χ3v) is 3.91. The number of carbonyl (C=O) groups excluding carboxylic acids is 1. The minimum Gasteiger partial charge on any atom is -0.376 e. The topological polar surface area (TPSA) is 66.9 Å². The molecule has 2 amide bonds. The number of aromatic nitrogens is 1. The lowest BCUT2D eigenvalue weighted by atomic mass is 10.3. The molecule has 0 aliphatic carbocycles. The zero-order valence-electron chi connectivity index (χ0n) is 12.6. The predicted molar refractivity (Wildman–Crippen MR) is 82.0 cm³/mol. The lowest BCUT2D eigenvalue weighted by Gasteiger charge is -2.35. The van der Waals surface area contributed by atoms with Gasteiger partial charge in [0.25, 0.3) is 0 Å². The number of urea groups is 1. The average Bonchev–Trinajstić information content (AvgIpc) is 2.61. The SMILES string of the molecule is O=C(NCC1COCCO1)N1CCN(c2ccccn2)CC1. The maximum absolute atomic E-state index is 12.2. The first-order valence-electron chi connectivity index (χ1n) is 7.71. The zero-order valence-corrected chi connectivity index (χ0v) is 12.6. The van der Waals surface area contributed by atoms with E-state index in [9.17, 15) is 4.79 Å². The fourth-order valence-electron chi connectivity index (χ4n) is 2.65. The van der Waals surface area contributed by atoms with Gasteiger partial charge in [-0.25, -0.2) is 9.78 Å². The van der Waals surface area contributed by atoms with Crippen LogP contribution in [0.2, 0.25) is 0 Å². The maximum Gasteiger partial charge on any atom is 0.317 e. The number of piperazine rings is 1. The van der Waals surface area contributed by atoms with Crippen LogP contribution in [0, 0.1) is 0 Å². The Hall–Kier alpha value is -1.86. The molecule has 22 heavy (non-hydrogen) atoms. The third kappa shape index (κ3) is 3.86. The Morgan fingerprint density at radius 1 is 1.27 bits per heavy atom. The first-order chi connectivity index (χ1) is 10.8. The summed E-state index contributed by atoms with van der Waals surface area (Å²) >= 11 is 0. The van der Waals surface area contributed by atoms with Gasteiger partial charge in [0, 0.05) is 38.9 Å². The quantitative estimate of drug-likeness (QED) is 0.871. The van der Waals surface area contributed by atoms with E-state index in [1.807, 2.05) is 23.1 Å². The molecule has 3 heterocycles. The normalized spacial score (nSPS) is 22.5. The molecular formula is C15H22N4O3. The predicted octanol–water partition coefficient (Wildman–Crippen LogP) is 0.329. The van der Waals surface area contributed by atoms with E-state index in [1.165, 1.54) is 0 Å². The van der Waals surface area contributed by atoms with Gasteiger partial charge in [0.15, 0.2) is 0 Å². The molecule has 2 saturated heterocycles. The van der Waals surface area contributed by atoms with Crippen LogP contribution >= 0.6 is 0 Å². The van der Waals surface area contributed by atoms with Crippen LogP contribution in [0.25, 0.3) is 0 Å². The number of rotatable bonds is 3. The van der Waals surface area contributed by atoms with Crippen LogP contribution in [0.15, 0.2) is 24.4 Å². The molecule has 0 radical (unpaired) electrons. The summed E-state index contributed by atoms with van der Waals surface area (Å²) in [5.74, 6) is 0.968. The number of hydrogen-bond acceptors (Lipinski definition) is 5. The number of anilines is 1. The smallest absolute Gasteiger partial charge is 0.317 e. The first-order valence-corrected chi connectivity index (χ1v) is 7.71. The molecular weight excluding hydrogens is 284 g/mol. The molecule has 0 aromatic carbocycles. The van der Waals surface area contributed by atoms with E-state index in [0.29, 0.717) is 39.5 Å². The molecule has 7 nitrogen and oxygen atoms in total. The van der Waals surface area contributed by atoms with Gasteiger partial charge in [-0.3, -0.25) is 0 Å². The van der Waals surface area contributed by atoms with Gasteiger partial charge in [-0.15, -0.1) is 0 Å². The summed E-state index contributed by atoms with van der Waals surface area (Å²) in [5.41, 5.74) is 0. The molecule has 7 heteroatoms. The highest BCUT2D eigenvalue weighted by Gasteiger charge is 2.23. The molecule has 1 unspecified atom stereocenters. The second kappa shape index (κ2) is 7.42. The van der Waals surface area contributed by atoms with E-state index in [1.54, 1.807) is 6.20 Å². The maximum atomic E-state index is 12.2. The van der Waals surface area contributed by atoms with Gasteiger partial charge in [-0.05, 0) is 12.1 Å². The molecule has 1 N–H and O–H groups in total. The Balaban J connectivity index is 1.41. The minimum absolute atomic E-state index is 0.0326. The van der Waals surface area contributed by atoms with Crippen molar-refractivity contribution in [1.29, 1.82) is 0 Å². The van der Waals surface area contributed by atoms with E-state index in [0.717, 1.165) is 18.9 Å². The molecule has 2 fully saturated rings. The summed E-state index contributed by atoms with van der Waals surface area (Å²) in [6.45, 7) is 5.28. The Morgan fingerprint density at radius 3 is 2.82 bits per heavy atom. The van der Waals surface area contributed by atoms with Gasteiger partial charge < -0.3 is 24.6 Å². The molecule has 0 spiro atoms. The molecule has 0 bridgehead atoms. The van der Waals surface area contributed by atoms with Crippen LogP contribution in [-0.2, 0) is 9.47 Å². The van der Waals surface area contributed by atoms with Crippen molar-refractivity contribution in [2.75, 3.05) is 57.4 Å². The van der Waals surface area contributed by atoms with E-state index in [4.69, 9.17) is 9.47 Å². The highest BCUT2D eigenvalue weighted by Crippen LogP contribution is 2.12. The lowest BCUT2D eigenvalue weighted by Crippen LogP contribution is -2.53. The van der Waals surface area contributed by atoms with Gasteiger partial charge in [0.1, 0.15) is 5.82 Å². The van der Waals surface area contributed by atoms with Gasteiger partial charge in [0.05, 0.1) is 25.9 Å². The molecule has 2 aliphatic rings. The van der Waals surface area contributed by atoms with Crippen molar-refractivity contribution in [2.24, 2.45) is 0 Å².